The first-order valence-corrected chi connectivity index (χ1v) is 13.9. The number of anilines is 5. The van der Waals surface area contributed by atoms with Gasteiger partial charge < -0.3 is 42.5 Å². The Balaban J connectivity index is 0.000000223. The van der Waals surface area contributed by atoms with Crippen molar-refractivity contribution >= 4 is 63.3 Å². The predicted molar refractivity (Wildman–Crippen MR) is 178 cm³/mol. The molecule has 0 atom stereocenters. The lowest BCUT2D eigenvalue weighted by molar-refractivity contribution is 0.324. The van der Waals surface area contributed by atoms with Crippen LogP contribution in [-0.4, -0.2) is 41.3 Å². The smallest absolute Gasteiger partial charge is 0.222 e. The van der Waals surface area contributed by atoms with E-state index in [2.05, 4.69) is 25.3 Å². The lowest BCUT2D eigenvalue weighted by Crippen LogP contribution is -2.06. The molecule has 0 amide bonds. The van der Waals surface area contributed by atoms with Gasteiger partial charge in [-0.1, -0.05) is 35.3 Å². The largest absolute Gasteiger partial charge is 0.493 e. The molecule has 0 saturated carbocycles. The minimum Gasteiger partial charge on any atom is -0.493 e. The number of rotatable bonds is 7. The highest BCUT2D eigenvalue weighted by atomic mass is 35.5. The normalized spacial score (nSPS) is 10.6. The van der Waals surface area contributed by atoms with Gasteiger partial charge in [-0.25, -0.2) is 9.97 Å². The Hall–Kier alpha value is -4.94. The van der Waals surface area contributed by atoms with Crippen LogP contribution in [0.4, 0.5) is 29.2 Å². The van der Waals surface area contributed by atoms with Gasteiger partial charge in [0.1, 0.15) is 11.6 Å². The molecule has 12 nitrogen and oxygen atoms in total. The molecule has 0 bridgehead atoms. The van der Waals surface area contributed by atoms with Gasteiger partial charge >= 0.3 is 0 Å². The molecule has 5 aromatic rings. The number of fused-ring (bicyclic) bond motifs is 1. The Morgan fingerprint density at radius 2 is 1.36 bits per heavy atom. The summed E-state index contributed by atoms with van der Waals surface area (Å²) in [6, 6.07) is 12.8. The Kier molecular flexibility index (Phi) is 9.87. The maximum atomic E-state index is 6.04. The molecule has 3 aromatic carbocycles. The molecule has 0 fully saturated rings. The van der Waals surface area contributed by atoms with Crippen LogP contribution < -0.4 is 42.5 Å². The highest BCUT2D eigenvalue weighted by molar-refractivity contribution is 6.42. The van der Waals surface area contributed by atoms with Crippen LogP contribution >= 0.6 is 23.2 Å². The molecule has 14 heteroatoms. The van der Waals surface area contributed by atoms with Crippen molar-refractivity contribution in [2.45, 2.75) is 20.4 Å². The summed E-state index contributed by atoms with van der Waals surface area (Å²) in [5.41, 5.74) is 28.9. The Morgan fingerprint density at radius 3 is 1.95 bits per heavy atom. The number of nitrogens with one attached hydrogen (secondary N) is 1. The van der Waals surface area contributed by atoms with Gasteiger partial charge in [-0.3, -0.25) is 0 Å². The lowest BCUT2D eigenvalue weighted by atomic mass is 10.0. The topological polar surface area (TPSA) is 195 Å². The molecule has 0 saturated heterocycles. The average molecular weight is 639 g/mol. The van der Waals surface area contributed by atoms with Crippen molar-refractivity contribution in [3.8, 4) is 28.4 Å². The number of ether oxygens (including phenoxy) is 3. The van der Waals surface area contributed by atoms with Crippen molar-refractivity contribution < 1.29 is 14.2 Å². The fourth-order valence-corrected chi connectivity index (χ4v) is 4.98. The van der Waals surface area contributed by atoms with Crippen LogP contribution in [0, 0.1) is 13.8 Å². The molecule has 0 aliphatic heterocycles. The quantitative estimate of drug-likeness (QED) is 0.147. The van der Waals surface area contributed by atoms with Crippen LogP contribution in [-0.2, 0) is 6.54 Å². The molecule has 44 heavy (non-hydrogen) atoms. The molecule has 0 aliphatic carbocycles. The van der Waals surface area contributed by atoms with E-state index in [9.17, 15) is 0 Å². The van der Waals surface area contributed by atoms with Gasteiger partial charge in [0.15, 0.2) is 11.5 Å². The summed E-state index contributed by atoms with van der Waals surface area (Å²) in [6.07, 6.45) is 0. The summed E-state index contributed by atoms with van der Waals surface area (Å²) in [5, 5.41) is 5.14. The zero-order chi connectivity index (χ0) is 32.1. The van der Waals surface area contributed by atoms with Crippen molar-refractivity contribution in [3.05, 3.63) is 69.3 Å². The van der Waals surface area contributed by atoms with E-state index < -0.39 is 0 Å². The Morgan fingerprint density at radius 1 is 0.727 bits per heavy atom. The van der Waals surface area contributed by atoms with Crippen molar-refractivity contribution in [1.29, 1.82) is 0 Å². The number of nitrogen functional groups attached to an aromatic ring is 4. The lowest BCUT2D eigenvalue weighted by Gasteiger charge is -2.16. The average Bonchev–Trinajstić information content (AvgIpc) is 2.97. The summed E-state index contributed by atoms with van der Waals surface area (Å²) >= 11 is 11.8. The summed E-state index contributed by atoms with van der Waals surface area (Å²) in [5.74, 6) is 2.75. The second kappa shape index (κ2) is 13.6. The van der Waals surface area contributed by atoms with E-state index in [0.717, 1.165) is 38.8 Å². The number of hydrogen-bond acceptors (Lipinski definition) is 12. The van der Waals surface area contributed by atoms with Crippen LogP contribution in [0.1, 0.15) is 16.8 Å². The standard InChI is InChI=1S/C19H23N5O3.C11H10Cl2N4/c1-10-11(5-6-13-16(10)18(20)24-19(21)23-13)9-22-12-7-14(25-2)17(27-4)15(8-12)26-3;1-5-9(10(14)17-11(15)16-5)6-2-3-7(12)8(13)4-6/h5-8,22H,9H2,1-4H3,(H4,20,21,23,24);2-4H,1H3,(H4,14,15,16,17). The molecule has 2 aromatic heterocycles. The fraction of sp³-hybridized carbons (Fsp3) is 0.200. The number of halogens is 2. The number of aryl methyl sites for hydroxylation is 2. The van der Waals surface area contributed by atoms with Gasteiger partial charge in [0.25, 0.3) is 0 Å². The third kappa shape index (κ3) is 6.82. The van der Waals surface area contributed by atoms with Gasteiger partial charge in [0, 0.05) is 35.3 Å². The number of methoxy groups -OCH3 is 3. The van der Waals surface area contributed by atoms with E-state index in [1.54, 1.807) is 33.5 Å². The second-order valence-electron chi connectivity index (χ2n) is 9.53. The molecule has 0 unspecified atom stereocenters. The predicted octanol–water partition coefficient (Wildman–Crippen LogP) is 5.66. The third-order valence-corrected chi connectivity index (χ3v) is 7.51. The summed E-state index contributed by atoms with van der Waals surface area (Å²) < 4.78 is 16.1. The van der Waals surface area contributed by atoms with Crippen LogP contribution in [0.25, 0.3) is 22.0 Å². The van der Waals surface area contributed by atoms with Crippen LogP contribution in [0.2, 0.25) is 10.0 Å². The first-order valence-electron chi connectivity index (χ1n) is 13.2. The van der Waals surface area contributed by atoms with Crippen LogP contribution in [0.3, 0.4) is 0 Å². The fourth-order valence-electron chi connectivity index (χ4n) is 4.68. The van der Waals surface area contributed by atoms with Crippen molar-refractivity contribution in [2.24, 2.45) is 0 Å². The SMILES string of the molecule is COc1cc(NCc2ccc3nc(N)nc(N)c3c2C)cc(OC)c1OC.Cc1nc(N)nc(N)c1-c1ccc(Cl)c(Cl)c1. The van der Waals surface area contributed by atoms with E-state index in [1.807, 2.05) is 44.2 Å². The molecule has 0 spiro atoms. The maximum Gasteiger partial charge on any atom is 0.222 e. The number of aromatic nitrogens is 4. The van der Waals surface area contributed by atoms with Crippen molar-refractivity contribution in [2.75, 3.05) is 49.6 Å². The molecular formula is C30H33Cl2N9O3. The highest BCUT2D eigenvalue weighted by Crippen LogP contribution is 2.40. The van der Waals surface area contributed by atoms with Gasteiger partial charge in [-0.15, -0.1) is 0 Å². The summed E-state index contributed by atoms with van der Waals surface area (Å²) in [7, 11) is 4.75. The number of nitrogens with two attached hydrogens (primary N) is 4. The monoisotopic (exact) mass is 637 g/mol. The van der Waals surface area contributed by atoms with Gasteiger partial charge in [-0.05, 0) is 48.7 Å². The molecule has 0 aliphatic rings. The first-order chi connectivity index (χ1) is 21.0. The molecule has 230 valence electrons. The number of hydrogen-bond donors (Lipinski definition) is 5. The zero-order valence-corrected chi connectivity index (χ0v) is 26.3. The van der Waals surface area contributed by atoms with Crippen molar-refractivity contribution in [1.82, 2.24) is 19.9 Å². The Bertz CT molecular complexity index is 1790. The highest BCUT2D eigenvalue weighted by Gasteiger charge is 2.15. The molecular weight excluding hydrogens is 605 g/mol. The first kappa shape index (κ1) is 32.0. The molecule has 5 rings (SSSR count). The minimum atomic E-state index is 0.156. The van der Waals surface area contributed by atoms with Crippen LogP contribution in [0.15, 0.2) is 42.5 Å². The van der Waals surface area contributed by atoms with Gasteiger partial charge in [0.05, 0.1) is 42.6 Å². The number of nitrogens with zero attached hydrogens (tertiary/aromatic N) is 4. The number of benzene rings is 3. The van der Waals surface area contributed by atoms with Gasteiger partial charge in [-0.2, -0.15) is 9.97 Å². The molecule has 0 radical (unpaired) electrons. The molecule has 9 N–H and O–H groups in total. The van der Waals surface area contributed by atoms with E-state index >= 15 is 0 Å². The second-order valence-corrected chi connectivity index (χ2v) is 10.3. The van der Waals surface area contributed by atoms with E-state index in [-0.39, 0.29) is 11.9 Å². The van der Waals surface area contributed by atoms with E-state index in [0.29, 0.717) is 51.2 Å². The van der Waals surface area contributed by atoms with E-state index in [1.165, 1.54) is 0 Å². The maximum absolute atomic E-state index is 6.04. The summed E-state index contributed by atoms with van der Waals surface area (Å²) in [4.78, 5) is 16.3. The van der Waals surface area contributed by atoms with Gasteiger partial charge in [0.2, 0.25) is 17.6 Å². The zero-order valence-electron chi connectivity index (χ0n) is 24.8. The van der Waals surface area contributed by atoms with Crippen LogP contribution in [0.5, 0.6) is 17.2 Å². The van der Waals surface area contributed by atoms with Crippen molar-refractivity contribution in [3.63, 3.8) is 0 Å². The minimum absolute atomic E-state index is 0.156. The summed E-state index contributed by atoms with van der Waals surface area (Å²) in [6.45, 7) is 4.38. The third-order valence-electron chi connectivity index (χ3n) is 6.77. The Labute approximate surface area is 264 Å². The van der Waals surface area contributed by atoms with E-state index in [4.69, 9.17) is 60.3 Å². The molecule has 2 heterocycles.